The molecule has 3 aromatic carbocycles. The van der Waals surface area contributed by atoms with Crippen LogP contribution in [-0.4, -0.2) is 37.4 Å². The second kappa shape index (κ2) is 9.35. The lowest BCUT2D eigenvalue weighted by atomic mass is 9.92. The van der Waals surface area contributed by atoms with Gasteiger partial charge in [0.15, 0.2) is 0 Å². The number of aromatic nitrogens is 1. The van der Waals surface area contributed by atoms with E-state index in [1.54, 1.807) is 73.1 Å². The summed E-state index contributed by atoms with van der Waals surface area (Å²) in [6.45, 7) is 0. The van der Waals surface area contributed by atoms with Crippen molar-refractivity contribution >= 4 is 44.3 Å². The van der Waals surface area contributed by atoms with Gasteiger partial charge in [-0.1, -0.05) is 18.2 Å². The number of amides is 1. The fourth-order valence-corrected chi connectivity index (χ4v) is 3.92. The number of carbonyl (C=O) groups excluding carboxylic acids is 2. The number of anilines is 1. The Kier molecular flexibility index (Phi) is 6.30. The third kappa shape index (κ3) is 5.33. The number of nitrogens with zero attached hydrogens (tertiary/aromatic N) is 1. The van der Waals surface area contributed by atoms with Gasteiger partial charge in [-0.3, -0.25) is 15.2 Å². The Balaban J connectivity index is 1.83. The first kappa shape index (κ1) is 23.6. The van der Waals surface area contributed by atoms with Crippen molar-refractivity contribution in [1.82, 2.24) is 4.98 Å². The molecule has 0 unspecified atom stereocenters. The Morgan fingerprint density at radius 3 is 2.34 bits per heavy atom. The highest BCUT2D eigenvalue weighted by Gasteiger charge is 2.22. The number of nitrogens with two attached hydrogens (primary N) is 1. The minimum Gasteiger partial charge on any atom is -0.384 e. The van der Waals surface area contributed by atoms with Gasteiger partial charge in [0.25, 0.3) is 5.91 Å². The van der Waals surface area contributed by atoms with Gasteiger partial charge in [-0.2, -0.15) is 8.42 Å². The molecule has 0 saturated heterocycles. The van der Waals surface area contributed by atoms with Crippen molar-refractivity contribution in [2.75, 3.05) is 11.6 Å². The summed E-state index contributed by atoms with van der Waals surface area (Å²) in [6, 6.07) is 17.9. The van der Waals surface area contributed by atoms with E-state index in [4.69, 9.17) is 11.1 Å². The van der Waals surface area contributed by atoms with E-state index < -0.39 is 22.0 Å². The number of hydrogen-bond acceptors (Lipinski definition) is 7. The van der Waals surface area contributed by atoms with Gasteiger partial charge in [-0.15, -0.1) is 0 Å². The molecule has 0 saturated carbocycles. The summed E-state index contributed by atoms with van der Waals surface area (Å²) in [5.41, 5.74) is 7.43. The summed E-state index contributed by atoms with van der Waals surface area (Å²) in [5.74, 6) is -1.60. The third-order valence-electron chi connectivity index (χ3n) is 5.14. The van der Waals surface area contributed by atoms with Crippen LogP contribution in [-0.2, 0) is 14.3 Å². The summed E-state index contributed by atoms with van der Waals surface area (Å²) in [4.78, 5) is 30.1. The molecule has 1 aromatic heterocycles. The average Bonchev–Trinajstić information content (AvgIpc) is 2.82. The van der Waals surface area contributed by atoms with Gasteiger partial charge in [0.2, 0.25) is 0 Å². The van der Waals surface area contributed by atoms with Gasteiger partial charge in [0, 0.05) is 34.6 Å². The maximum atomic E-state index is 13.4. The van der Waals surface area contributed by atoms with Crippen LogP contribution >= 0.6 is 0 Å². The second-order valence-electron chi connectivity index (χ2n) is 7.69. The van der Waals surface area contributed by atoms with Gasteiger partial charge < -0.3 is 15.2 Å². The molecule has 1 heterocycles. The number of pyridine rings is 1. The number of nitrogen functional groups attached to an aromatic ring is 1. The molecule has 0 aliphatic rings. The van der Waals surface area contributed by atoms with Crippen molar-refractivity contribution < 1.29 is 22.2 Å². The van der Waals surface area contributed by atoms with E-state index in [1.165, 1.54) is 6.07 Å². The highest BCUT2D eigenvalue weighted by atomic mass is 32.2. The molecular formula is C25H20N4O5S. The Morgan fingerprint density at radius 2 is 1.66 bits per heavy atom. The first-order chi connectivity index (χ1) is 16.6. The molecule has 0 aliphatic heterocycles. The van der Waals surface area contributed by atoms with Crippen molar-refractivity contribution in [3.63, 3.8) is 0 Å². The van der Waals surface area contributed by atoms with Crippen LogP contribution in [0.1, 0.15) is 26.3 Å². The summed E-state index contributed by atoms with van der Waals surface area (Å²) < 4.78 is 27.7. The summed E-state index contributed by atoms with van der Waals surface area (Å²) >= 11 is 0. The zero-order valence-electron chi connectivity index (χ0n) is 18.5. The number of benzene rings is 3. The topological polar surface area (TPSA) is 152 Å². The molecule has 9 nitrogen and oxygen atoms in total. The van der Waals surface area contributed by atoms with Gasteiger partial charge in [-0.05, 0) is 65.0 Å². The largest absolute Gasteiger partial charge is 0.384 e. The second-order valence-corrected chi connectivity index (χ2v) is 9.26. The lowest BCUT2D eigenvalue weighted by Crippen LogP contribution is -2.16. The van der Waals surface area contributed by atoms with E-state index in [2.05, 4.69) is 14.5 Å². The summed E-state index contributed by atoms with van der Waals surface area (Å²) in [6.07, 6.45) is 4.01. The molecular weight excluding hydrogens is 468 g/mol. The van der Waals surface area contributed by atoms with Gasteiger partial charge >= 0.3 is 16.1 Å². The first-order valence-corrected chi connectivity index (χ1v) is 12.1. The fourth-order valence-electron chi connectivity index (χ4n) is 3.56. The SMILES string of the molecule is CS(=O)(=O)OC(=O)c1ccccc1-c1cc2cnccc2cc1C(=O)Nc1ccc(C(=N)N)cc1. The van der Waals surface area contributed by atoms with Crippen molar-refractivity contribution in [2.24, 2.45) is 5.73 Å². The van der Waals surface area contributed by atoms with Gasteiger partial charge in [0.1, 0.15) is 5.84 Å². The maximum Gasteiger partial charge on any atom is 0.354 e. The van der Waals surface area contributed by atoms with Crippen LogP contribution in [0.15, 0.2) is 79.1 Å². The number of rotatable bonds is 6. The molecule has 0 radical (unpaired) electrons. The molecule has 0 aliphatic carbocycles. The zero-order chi connectivity index (χ0) is 25.2. The molecule has 1 amide bonds. The number of hydrogen-bond donors (Lipinski definition) is 3. The molecule has 4 aromatic rings. The van der Waals surface area contributed by atoms with Crippen LogP contribution in [0.3, 0.4) is 0 Å². The Hall–Kier alpha value is -4.57. The van der Waals surface area contributed by atoms with Crippen molar-refractivity contribution in [2.45, 2.75) is 0 Å². The number of fused-ring (bicyclic) bond motifs is 1. The molecule has 0 spiro atoms. The number of amidine groups is 1. The molecule has 0 atom stereocenters. The highest BCUT2D eigenvalue weighted by molar-refractivity contribution is 7.86. The molecule has 176 valence electrons. The number of carbonyl (C=O) groups is 2. The Morgan fingerprint density at radius 1 is 0.943 bits per heavy atom. The molecule has 0 fully saturated rings. The lowest BCUT2D eigenvalue weighted by molar-refractivity contribution is 0.0748. The summed E-state index contributed by atoms with van der Waals surface area (Å²) in [7, 11) is -4.04. The van der Waals surface area contributed by atoms with E-state index in [1.807, 2.05) is 0 Å². The van der Waals surface area contributed by atoms with Crippen LogP contribution < -0.4 is 11.1 Å². The minimum atomic E-state index is -4.04. The fraction of sp³-hybridized carbons (Fsp3) is 0.0400. The normalized spacial score (nSPS) is 11.1. The first-order valence-electron chi connectivity index (χ1n) is 10.3. The van der Waals surface area contributed by atoms with Crippen LogP contribution in [0, 0.1) is 5.41 Å². The standard InChI is InChI=1S/C25H20N4O5S/c1-35(32,33)34-25(31)20-5-3-2-4-19(20)21-13-17-14-28-11-10-16(17)12-22(21)24(30)29-18-8-6-15(7-9-18)23(26)27/h2-14H,1H3,(H3,26,27)(H,29,30). The van der Waals surface area contributed by atoms with Crippen LogP contribution in [0.2, 0.25) is 0 Å². The zero-order valence-corrected chi connectivity index (χ0v) is 19.3. The Bertz CT molecular complexity index is 1580. The van der Waals surface area contributed by atoms with Crippen molar-refractivity contribution in [3.8, 4) is 11.1 Å². The molecule has 35 heavy (non-hydrogen) atoms. The van der Waals surface area contributed by atoms with Gasteiger partial charge in [-0.25, -0.2) is 4.79 Å². The van der Waals surface area contributed by atoms with Crippen LogP contribution in [0.4, 0.5) is 5.69 Å². The van der Waals surface area contributed by atoms with Crippen molar-refractivity contribution in [3.05, 3.63) is 95.8 Å². The smallest absolute Gasteiger partial charge is 0.354 e. The molecule has 0 bridgehead atoms. The van der Waals surface area contributed by atoms with E-state index >= 15 is 0 Å². The molecule has 4 N–H and O–H groups in total. The third-order valence-corrected chi connectivity index (χ3v) is 5.59. The Labute approximate surface area is 201 Å². The minimum absolute atomic E-state index is 0.0129. The molecule has 10 heteroatoms. The summed E-state index contributed by atoms with van der Waals surface area (Å²) in [5, 5.41) is 11.8. The molecule has 4 rings (SSSR count). The predicted octanol–water partition coefficient (Wildman–Crippen LogP) is 3.55. The number of nitrogens with one attached hydrogen (secondary N) is 2. The van der Waals surface area contributed by atoms with Crippen LogP contribution in [0.5, 0.6) is 0 Å². The predicted molar refractivity (Wildman–Crippen MR) is 133 cm³/mol. The monoisotopic (exact) mass is 488 g/mol. The highest BCUT2D eigenvalue weighted by Crippen LogP contribution is 2.32. The van der Waals surface area contributed by atoms with Gasteiger partial charge in [0.05, 0.1) is 11.8 Å². The maximum absolute atomic E-state index is 13.4. The van der Waals surface area contributed by atoms with E-state index in [9.17, 15) is 18.0 Å². The van der Waals surface area contributed by atoms with Crippen LogP contribution in [0.25, 0.3) is 21.9 Å². The average molecular weight is 489 g/mol. The lowest BCUT2D eigenvalue weighted by Gasteiger charge is -2.15. The van der Waals surface area contributed by atoms with E-state index in [-0.39, 0.29) is 17.0 Å². The van der Waals surface area contributed by atoms with E-state index in [0.29, 0.717) is 22.4 Å². The van der Waals surface area contributed by atoms with E-state index in [0.717, 1.165) is 17.0 Å². The van der Waals surface area contributed by atoms with Crippen molar-refractivity contribution in [1.29, 1.82) is 5.41 Å². The quantitative estimate of drug-likeness (QED) is 0.213.